The Morgan fingerprint density at radius 2 is 1.65 bits per heavy atom. The molecule has 0 radical (unpaired) electrons. The number of nitrogens with one attached hydrogen (secondary N) is 1. The van der Waals surface area contributed by atoms with Crippen molar-refractivity contribution in [1.82, 2.24) is 10.2 Å². The molecule has 1 heterocycles. The second-order valence-electron chi connectivity index (χ2n) is 7.85. The number of carbonyl (C=O) groups excluding carboxylic acids is 1. The van der Waals surface area contributed by atoms with Crippen LogP contribution in [0.5, 0.6) is 17.2 Å². The molecule has 0 spiro atoms. The van der Waals surface area contributed by atoms with Gasteiger partial charge in [-0.15, -0.1) is 0 Å². The van der Waals surface area contributed by atoms with Crippen LogP contribution < -0.4 is 19.5 Å². The molecule has 31 heavy (non-hydrogen) atoms. The summed E-state index contributed by atoms with van der Waals surface area (Å²) in [5, 5.41) is 3.16. The summed E-state index contributed by atoms with van der Waals surface area (Å²) in [5.74, 6) is 2.29. The maximum atomic E-state index is 12.7. The minimum Gasteiger partial charge on any atom is -0.496 e. The number of amides is 1. The normalized spacial score (nSPS) is 15.2. The predicted molar refractivity (Wildman–Crippen MR) is 122 cm³/mol. The molecule has 0 bridgehead atoms. The molecule has 1 aliphatic heterocycles. The molecule has 0 aromatic heterocycles. The van der Waals surface area contributed by atoms with Gasteiger partial charge in [-0.05, 0) is 56.1 Å². The quantitative estimate of drug-likeness (QED) is 0.623. The first kappa shape index (κ1) is 22.9. The lowest BCUT2D eigenvalue weighted by Gasteiger charge is -2.35. The van der Waals surface area contributed by atoms with Gasteiger partial charge in [-0.2, -0.15) is 0 Å². The number of benzene rings is 2. The Kier molecular flexibility index (Phi) is 8.59. The van der Waals surface area contributed by atoms with E-state index >= 15 is 0 Å². The first-order valence-electron chi connectivity index (χ1n) is 11.0. The van der Waals surface area contributed by atoms with Crippen LogP contribution in [-0.2, 0) is 11.2 Å². The van der Waals surface area contributed by atoms with E-state index in [1.54, 1.807) is 21.3 Å². The summed E-state index contributed by atoms with van der Waals surface area (Å²) in [6, 6.07) is 14.0. The highest BCUT2D eigenvalue weighted by Gasteiger charge is 2.25. The molecule has 3 rings (SSSR count). The Bertz CT molecular complexity index is 849. The number of aryl methyl sites for hydroxylation is 1. The van der Waals surface area contributed by atoms with E-state index in [0.29, 0.717) is 30.9 Å². The van der Waals surface area contributed by atoms with E-state index in [4.69, 9.17) is 14.2 Å². The first-order chi connectivity index (χ1) is 15.2. The number of para-hydroxylation sites is 1. The smallest absolute Gasteiger partial charge is 0.220 e. The summed E-state index contributed by atoms with van der Waals surface area (Å²) in [7, 11) is 4.94. The third-order valence-corrected chi connectivity index (χ3v) is 5.91. The molecule has 6 nitrogen and oxygen atoms in total. The lowest BCUT2D eigenvalue weighted by Crippen LogP contribution is -2.40. The fourth-order valence-electron chi connectivity index (χ4n) is 4.20. The van der Waals surface area contributed by atoms with E-state index in [9.17, 15) is 4.79 Å². The summed E-state index contributed by atoms with van der Waals surface area (Å²) in [5.41, 5.74) is 2.18. The summed E-state index contributed by atoms with van der Waals surface area (Å²) < 4.78 is 16.2. The molecule has 1 amide bonds. The number of carbonyl (C=O) groups is 1. The lowest BCUT2D eigenvalue weighted by atomic mass is 10.0. The van der Waals surface area contributed by atoms with Crippen molar-refractivity contribution in [2.24, 2.45) is 0 Å². The first-order valence-corrected chi connectivity index (χ1v) is 11.0. The molecule has 0 saturated carbocycles. The van der Waals surface area contributed by atoms with E-state index in [0.717, 1.165) is 30.0 Å². The van der Waals surface area contributed by atoms with Gasteiger partial charge in [0, 0.05) is 18.5 Å². The SMILES string of the molecule is COc1ccc(CCC(=O)NCC(c2ccccc2OC)N2CCCCC2)cc1OC. The van der Waals surface area contributed by atoms with E-state index in [2.05, 4.69) is 16.3 Å². The van der Waals surface area contributed by atoms with Crippen molar-refractivity contribution in [2.75, 3.05) is 41.0 Å². The van der Waals surface area contributed by atoms with Gasteiger partial charge in [0.15, 0.2) is 11.5 Å². The molecule has 2 aromatic carbocycles. The van der Waals surface area contributed by atoms with Crippen LogP contribution in [0, 0.1) is 0 Å². The van der Waals surface area contributed by atoms with Crippen LogP contribution in [0.15, 0.2) is 42.5 Å². The van der Waals surface area contributed by atoms with Gasteiger partial charge in [-0.3, -0.25) is 9.69 Å². The summed E-state index contributed by atoms with van der Waals surface area (Å²) in [4.78, 5) is 15.1. The highest BCUT2D eigenvalue weighted by atomic mass is 16.5. The van der Waals surface area contributed by atoms with Crippen molar-refractivity contribution in [3.05, 3.63) is 53.6 Å². The van der Waals surface area contributed by atoms with E-state index < -0.39 is 0 Å². The van der Waals surface area contributed by atoms with Crippen LogP contribution in [0.1, 0.15) is 42.9 Å². The number of likely N-dealkylation sites (tertiary alicyclic amines) is 1. The summed E-state index contributed by atoms with van der Waals surface area (Å²) >= 11 is 0. The van der Waals surface area contributed by atoms with Crippen molar-refractivity contribution < 1.29 is 19.0 Å². The van der Waals surface area contributed by atoms with Crippen molar-refractivity contribution in [3.8, 4) is 17.2 Å². The molecular formula is C25H34N2O4. The molecule has 1 saturated heterocycles. The minimum absolute atomic E-state index is 0.0479. The van der Waals surface area contributed by atoms with Gasteiger partial charge < -0.3 is 19.5 Å². The fourth-order valence-corrected chi connectivity index (χ4v) is 4.20. The topological polar surface area (TPSA) is 60.0 Å². The Hall–Kier alpha value is -2.73. The summed E-state index contributed by atoms with van der Waals surface area (Å²) in [6.45, 7) is 2.67. The average molecular weight is 427 g/mol. The maximum absolute atomic E-state index is 12.7. The zero-order chi connectivity index (χ0) is 22.1. The molecule has 1 N–H and O–H groups in total. The second-order valence-corrected chi connectivity index (χ2v) is 7.85. The van der Waals surface area contributed by atoms with Crippen LogP contribution >= 0.6 is 0 Å². The third kappa shape index (κ3) is 6.14. The van der Waals surface area contributed by atoms with E-state index in [1.165, 1.54) is 19.3 Å². The molecule has 1 atom stereocenters. The number of methoxy groups -OCH3 is 3. The molecule has 6 heteroatoms. The Morgan fingerprint density at radius 1 is 0.935 bits per heavy atom. The van der Waals surface area contributed by atoms with Crippen molar-refractivity contribution >= 4 is 5.91 Å². The Balaban J connectivity index is 1.62. The number of ether oxygens (including phenoxy) is 3. The summed E-state index contributed by atoms with van der Waals surface area (Å²) in [6.07, 6.45) is 4.73. The number of rotatable bonds is 10. The average Bonchev–Trinajstić information content (AvgIpc) is 2.83. The van der Waals surface area contributed by atoms with E-state index in [-0.39, 0.29) is 11.9 Å². The Labute approximate surface area is 185 Å². The molecule has 0 aliphatic carbocycles. The number of nitrogens with zero attached hydrogens (tertiary/aromatic N) is 1. The zero-order valence-corrected chi connectivity index (χ0v) is 18.9. The molecular weight excluding hydrogens is 392 g/mol. The van der Waals surface area contributed by atoms with Crippen LogP contribution in [0.2, 0.25) is 0 Å². The van der Waals surface area contributed by atoms with Crippen LogP contribution in [-0.4, -0.2) is 51.8 Å². The molecule has 1 fully saturated rings. The van der Waals surface area contributed by atoms with Crippen molar-refractivity contribution in [1.29, 1.82) is 0 Å². The molecule has 2 aromatic rings. The second kappa shape index (κ2) is 11.6. The number of hydrogen-bond acceptors (Lipinski definition) is 5. The van der Waals surface area contributed by atoms with Gasteiger partial charge in [-0.1, -0.05) is 30.7 Å². The zero-order valence-electron chi connectivity index (χ0n) is 18.9. The van der Waals surface area contributed by atoms with Gasteiger partial charge in [0.25, 0.3) is 0 Å². The van der Waals surface area contributed by atoms with E-state index in [1.807, 2.05) is 36.4 Å². The highest BCUT2D eigenvalue weighted by molar-refractivity contribution is 5.76. The standard InChI is InChI=1S/C25H34N2O4/c1-29-22-10-6-5-9-20(22)21(27-15-7-4-8-16-27)18-26-25(28)14-12-19-11-13-23(30-2)24(17-19)31-3/h5-6,9-11,13,17,21H,4,7-8,12,14-16,18H2,1-3H3,(H,26,28). The highest BCUT2D eigenvalue weighted by Crippen LogP contribution is 2.31. The molecule has 1 unspecified atom stereocenters. The van der Waals surface area contributed by atoms with Gasteiger partial charge in [0.05, 0.1) is 27.4 Å². The maximum Gasteiger partial charge on any atom is 0.220 e. The van der Waals surface area contributed by atoms with Gasteiger partial charge in [0.1, 0.15) is 5.75 Å². The van der Waals surface area contributed by atoms with Crippen LogP contribution in [0.3, 0.4) is 0 Å². The molecule has 1 aliphatic rings. The van der Waals surface area contributed by atoms with Crippen molar-refractivity contribution in [2.45, 2.75) is 38.1 Å². The lowest BCUT2D eigenvalue weighted by molar-refractivity contribution is -0.121. The number of hydrogen-bond donors (Lipinski definition) is 1. The molecule has 168 valence electrons. The van der Waals surface area contributed by atoms with Crippen LogP contribution in [0.4, 0.5) is 0 Å². The van der Waals surface area contributed by atoms with Gasteiger partial charge in [0.2, 0.25) is 5.91 Å². The van der Waals surface area contributed by atoms with Crippen LogP contribution in [0.25, 0.3) is 0 Å². The Morgan fingerprint density at radius 3 is 2.35 bits per heavy atom. The monoisotopic (exact) mass is 426 g/mol. The predicted octanol–water partition coefficient (Wildman–Crippen LogP) is 3.99. The third-order valence-electron chi connectivity index (χ3n) is 5.91. The van der Waals surface area contributed by atoms with Gasteiger partial charge in [-0.25, -0.2) is 0 Å². The van der Waals surface area contributed by atoms with Crippen molar-refractivity contribution in [3.63, 3.8) is 0 Å². The minimum atomic E-state index is 0.0479. The number of piperidine rings is 1. The largest absolute Gasteiger partial charge is 0.496 e. The van der Waals surface area contributed by atoms with Gasteiger partial charge >= 0.3 is 0 Å². The fraction of sp³-hybridized carbons (Fsp3) is 0.480.